The lowest BCUT2D eigenvalue weighted by molar-refractivity contribution is -0.123. The smallest absolute Gasteiger partial charge is 0.258 e. The highest BCUT2D eigenvalue weighted by Gasteiger charge is 2.10. The average molecular weight is 408 g/mol. The third kappa shape index (κ3) is 5.38. The summed E-state index contributed by atoms with van der Waals surface area (Å²) < 4.78 is 16.1. The van der Waals surface area contributed by atoms with E-state index >= 15 is 0 Å². The number of benzene rings is 2. The van der Waals surface area contributed by atoms with E-state index in [2.05, 4.69) is 27.1 Å². The van der Waals surface area contributed by atoms with Crippen LogP contribution in [0.5, 0.6) is 17.2 Å². The van der Waals surface area contributed by atoms with Gasteiger partial charge in [0.05, 0.1) is 20.8 Å². The molecule has 0 fully saturated rings. The van der Waals surface area contributed by atoms with Crippen LogP contribution in [0.3, 0.4) is 0 Å². The monoisotopic (exact) mass is 408 g/mol. The number of methoxy groups -OCH3 is 2. The largest absolute Gasteiger partial charge is 0.497 e. The van der Waals surface area contributed by atoms with Crippen molar-refractivity contribution >= 4 is 5.91 Å². The van der Waals surface area contributed by atoms with E-state index in [-0.39, 0.29) is 19.1 Å². The maximum Gasteiger partial charge on any atom is 0.258 e. The molecule has 8 nitrogen and oxygen atoms in total. The van der Waals surface area contributed by atoms with Gasteiger partial charge in [0, 0.05) is 5.56 Å². The van der Waals surface area contributed by atoms with Gasteiger partial charge < -0.3 is 19.5 Å². The summed E-state index contributed by atoms with van der Waals surface area (Å²) in [5, 5.41) is 9.75. The van der Waals surface area contributed by atoms with E-state index in [1.807, 2.05) is 42.5 Å². The van der Waals surface area contributed by atoms with Crippen molar-refractivity contribution in [3.63, 3.8) is 0 Å². The van der Waals surface area contributed by atoms with Crippen LogP contribution >= 0.6 is 0 Å². The van der Waals surface area contributed by atoms with E-state index in [4.69, 9.17) is 14.2 Å². The molecule has 2 N–H and O–H groups in total. The fourth-order valence-corrected chi connectivity index (χ4v) is 2.75. The Morgan fingerprint density at radius 1 is 1.13 bits per heavy atom. The molecular formula is C22H24N4O4. The van der Waals surface area contributed by atoms with Crippen molar-refractivity contribution in [2.75, 3.05) is 20.8 Å². The molecule has 3 rings (SSSR count). The summed E-state index contributed by atoms with van der Waals surface area (Å²) in [7, 11) is 3.17. The summed E-state index contributed by atoms with van der Waals surface area (Å²) in [5.74, 6) is 2.63. The number of carbonyl (C=O) groups excluding carboxylic acids is 1. The third-order valence-corrected chi connectivity index (χ3v) is 4.30. The number of nitrogens with zero attached hydrogens (tertiary/aromatic N) is 2. The number of hydrogen-bond acceptors (Lipinski definition) is 6. The van der Waals surface area contributed by atoms with Gasteiger partial charge in [-0.1, -0.05) is 12.1 Å². The van der Waals surface area contributed by atoms with E-state index in [0.29, 0.717) is 23.1 Å². The molecule has 0 aliphatic carbocycles. The number of H-pyrrole nitrogens is 1. The number of ether oxygens (including phenoxy) is 3. The van der Waals surface area contributed by atoms with Crippen molar-refractivity contribution in [1.82, 2.24) is 20.5 Å². The van der Waals surface area contributed by atoms with Crippen molar-refractivity contribution in [1.29, 1.82) is 0 Å². The minimum absolute atomic E-state index is 0.142. The standard InChI is InChI=1S/C22H24N4O4/c1-4-5-15-6-11-18(19(12-15)29-3)30-14-21(27)23-13-20-24-22(26-25-20)16-7-9-17(28-2)10-8-16/h4,6-12H,1,5,13-14H2,2-3H3,(H,23,27)(H,24,25,26). The van der Waals surface area contributed by atoms with Crippen LogP contribution in [0.1, 0.15) is 11.4 Å². The maximum absolute atomic E-state index is 12.1. The Hall–Kier alpha value is -3.81. The summed E-state index contributed by atoms with van der Waals surface area (Å²) in [6, 6.07) is 13.0. The second-order valence-corrected chi connectivity index (χ2v) is 6.38. The molecule has 0 unspecified atom stereocenters. The van der Waals surface area contributed by atoms with Gasteiger partial charge in [-0.2, -0.15) is 5.10 Å². The number of allylic oxidation sites excluding steroid dienone is 1. The van der Waals surface area contributed by atoms with Crippen LogP contribution in [0.25, 0.3) is 11.4 Å². The summed E-state index contributed by atoms with van der Waals surface area (Å²) >= 11 is 0. The van der Waals surface area contributed by atoms with Crippen molar-refractivity contribution in [3.8, 4) is 28.6 Å². The normalized spacial score (nSPS) is 10.3. The van der Waals surface area contributed by atoms with Gasteiger partial charge >= 0.3 is 0 Å². The second-order valence-electron chi connectivity index (χ2n) is 6.38. The predicted octanol–water partition coefficient (Wildman–Crippen LogP) is 2.91. The van der Waals surface area contributed by atoms with Gasteiger partial charge in [0.1, 0.15) is 11.6 Å². The van der Waals surface area contributed by atoms with E-state index in [1.54, 1.807) is 20.3 Å². The first-order valence-corrected chi connectivity index (χ1v) is 9.36. The molecule has 0 bridgehead atoms. The molecule has 0 atom stereocenters. The molecule has 2 aromatic carbocycles. The molecule has 0 saturated carbocycles. The van der Waals surface area contributed by atoms with Crippen LogP contribution in [-0.2, 0) is 17.8 Å². The van der Waals surface area contributed by atoms with E-state index in [0.717, 1.165) is 23.3 Å². The highest BCUT2D eigenvalue weighted by molar-refractivity contribution is 5.77. The Balaban J connectivity index is 1.51. The van der Waals surface area contributed by atoms with Gasteiger partial charge in [-0.25, -0.2) is 4.98 Å². The molecule has 0 saturated heterocycles. The first-order chi connectivity index (χ1) is 14.6. The van der Waals surface area contributed by atoms with Gasteiger partial charge in [-0.3, -0.25) is 9.89 Å². The second kappa shape index (κ2) is 10.1. The van der Waals surface area contributed by atoms with Gasteiger partial charge in [0.25, 0.3) is 5.91 Å². The van der Waals surface area contributed by atoms with Crippen molar-refractivity contribution in [3.05, 3.63) is 66.5 Å². The highest BCUT2D eigenvalue weighted by atomic mass is 16.5. The zero-order valence-corrected chi connectivity index (χ0v) is 17.0. The zero-order valence-electron chi connectivity index (χ0n) is 17.0. The Labute approximate surface area is 174 Å². The molecule has 0 aliphatic rings. The topological polar surface area (TPSA) is 98.4 Å². The lowest BCUT2D eigenvalue weighted by Gasteiger charge is -2.11. The summed E-state index contributed by atoms with van der Waals surface area (Å²) in [6.45, 7) is 3.79. The van der Waals surface area contributed by atoms with Crippen molar-refractivity contribution in [2.24, 2.45) is 0 Å². The molecule has 8 heteroatoms. The number of aromatic amines is 1. The lowest BCUT2D eigenvalue weighted by Crippen LogP contribution is -2.28. The van der Waals surface area contributed by atoms with Crippen molar-refractivity contribution in [2.45, 2.75) is 13.0 Å². The minimum Gasteiger partial charge on any atom is -0.497 e. The fourth-order valence-electron chi connectivity index (χ4n) is 2.75. The first kappa shape index (κ1) is 20.9. The Kier molecular flexibility index (Phi) is 7.05. The molecule has 1 amide bonds. The fraction of sp³-hybridized carbons (Fsp3) is 0.227. The SMILES string of the molecule is C=CCc1ccc(OCC(=O)NCc2nc(-c3ccc(OC)cc3)n[nH]2)c(OC)c1. The summed E-state index contributed by atoms with van der Waals surface area (Å²) in [5.41, 5.74) is 1.90. The molecule has 3 aromatic rings. The molecular weight excluding hydrogens is 384 g/mol. The van der Waals surface area contributed by atoms with Gasteiger partial charge in [0.2, 0.25) is 0 Å². The molecule has 30 heavy (non-hydrogen) atoms. The number of amides is 1. The predicted molar refractivity (Wildman–Crippen MR) is 113 cm³/mol. The summed E-state index contributed by atoms with van der Waals surface area (Å²) in [4.78, 5) is 16.5. The van der Waals surface area contributed by atoms with Crippen LogP contribution < -0.4 is 19.5 Å². The van der Waals surface area contributed by atoms with Crippen LogP contribution in [0, 0.1) is 0 Å². The molecule has 1 heterocycles. The van der Waals surface area contributed by atoms with Crippen LogP contribution in [0.4, 0.5) is 0 Å². The average Bonchev–Trinajstić information content (AvgIpc) is 3.26. The van der Waals surface area contributed by atoms with Crippen molar-refractivity contribution < 1.29 is 19.0 Å². The van der Waals surface area contributed by atoms with Crippen LogP contribution in [-0.4, -0.2) is 41.9 Å². The third-order valence-electron chi connectivity index (χ3n) is 4.30. The molecule has 156 valence electrons. The molecule has 1 aromatic heterocycles. The van der Waals surface area contributed by atoms with Gasteiger partial charge in [-0.05, 0) is 48.4 Å². The molecule has 0 radical (unpaired) electrons. The number of nitrogens with one attached hydrogen (secondary N) is 2. The van der Waals surface area contributed by atoms with Crippen LogP contribution in [0.2, 0.25) is 0 Å². The number of hydrogen-bond donors (Lipinski definition) is 2. The zero-order chi connectivity index (χ0) is 21.3. The Morgan fingerprint density at radius 2 is 1.93 bits per heavy atom. The van der Waals surface area contributed by atoms with Gasteiger partial charge in [0.15, 0.2) is 23.9 Å². The maximum atomic E-state index is 12.1. The first-order valence-electron chi connectivity index (χ1n) is 9.36. The molecule has 0 spiro atoms. The summed E-state index contributed by atoms with van der Waals surface area (Å²) in [6.07, 6.45) is 2.54. The van der Waals surface area contributed by atoms with Gasteiger partial charge in [-0.15, -0.1) is 6.58 Å². The molecule has 0 aliphatic heterocycles. The van der Waals surface area contributed by atoms with E-state index in [1.165, 1.54) is 0 Å². The number of carbonyl (C=O) groups is 1. The quantitative estimate of drug-likeness (QED) is 0.501. The number of rotatable bonds is 10. The highest BCUT2D eigenvalue weighted by Crippen LogP contribution is 2.28. The lowest BCUT2D eigenvalue weighted by atomic mass is 10.1. The Bertz CT molecular complexity index is 999. The minimum atomic E-state index is -0.283. The number of aromatic nitrogens is 3. The van der Waals surface area contributed by atoms with E-state index in [9.17, 15) is 4.79 Å². The Morgan fingerprint density at radius 3 is 2.63 bits per heavy atom. The van der Waals surface area contributed by atoms with E-state index < -0.39 is 0 Å². The van der Waals surface area contributed by atoms with Crippen LogP contribution in [0.15, 0.2) is 55.1 Å².